The minimum atomic E-state index is -4.34. The van der Waals surface area contributed by atoms with Crippen molar-refractivity contribution in [3.8, 4) is 11.3 Å². The fourth-order valence-corrected chi connectivity index (χ4v) is 5.73. The van der Waals surface area contributed by atoms with Crippen LogP contribution >= 0.6 is 0 Å². The quantitative estimate of drug-likeness (QED) is 0.381. The number of hydrogen-bond donors (Lipinski definition) is 5. The van der Waals surface area contributed by atoms with Gasteiger partial charge in [-0.2, -0.15) is 18.3 Å². The second-order valence-corrected chi connectivity index (χ2v) is 10.5. The molecule has 2 heterocycles. The van der Waals surface area contributed by atoms with Gasteiger partial charge in [0.15, 0.2) is 5.96 Å². The molecule has 0 bridgehead atoms. The summed E-state index contributed by atoms with van der Waals surface area (Å²) in [5.74, 6) is 0.869. The predicted octanol–water partition coefficient (Wildman–Crippen LogP) is 4.81. The van der Waals surface area contributed by atoms with Crippen molar-refractivity contribution in [2.24, 2.45) is 4.99 Å². The van der Waals surface area contributed by atoms with E-state index in [4.69, 9.17) is 4.99 Å². The standard InChI is InChI=1S/C27H36F3N7/c1-26(31-2)22-5-3-4-6-23(22)35-25(36-26)34-21-13-11-20(12-14-21)32-15-18-16-33-37-24(18)17-7-9-19(10-8-17)27(28,29)30/h7-10,16,20-21,31-32H,3-6,11-15H2,1-2H3,(H,33,37)(H2,34,35,36). The molecule has 1 aromatic heterocycles. The number of hydrogen-bond acceptors (Lipinski definition) is 4. The maximum atomic E-state index is 12.9. The Morgan fingerprint density at radius 2 is 1.81 bits per heavy atom. The van der Waals surface area contributed by atoms with Gasteiger partial charge >= 0.3 is 6.18 Å². The zero-order valence-corrected chi connectivity index (χ0v) is 21.4. The minimum Gasteiger partial charge on any atom is -0.335 e. The smallest absolute Gasteiger partial charge is 0.335 e. The second-order valence-electron chi connectivity index (χ2n) is 10.5. The van der Waals surface area contributed by atoms with Crippen LogP contribution in [0.5, 0.6) is 0 Å². The number of nitrogens with zero attached hydrogens (tertiary/aromatic N) is 2. The average molecular weight is 516 g/mol. The number of guanidine groups is 1. The zero-order chi connectivity index (χ0) is 26.0. The Bertz CT molecular complexity index is 1140. The zero-order valence-electron chi connectivity index (χ0n) is 21.4. The molecule has 0 saturated heterocycles. The van der Waals surface area contributed by atoms with Crippen LogP contribution in [-0.4, -0.2) is 41.0 Å². The number of rotatable bonds is 6. The van der Waals surface area contributed by atoms with Crippen LogP contribution in [0.3, 0.4) is 0 Å². The van der Waals surface area contributed by atoms with Crippen molar-refractivity contribution >= 4 is 5.96 Å². The third-order valence-electron chi connectivity index (χ3n) is 8.02. The maximum Gasteiger partial charge on any atom is 0.416 e. The number of nitrogens with one attached hydrogen (secondary N) is 5. The number of likely N-dealkylation sites (N-methyl/N-ethyl adjacent to an activating group) is 1. The summed E-state index contributed by atoms with van der Waals surface area (Å²) in [4.78, 5) is 5.05. The predicted molar refractivity (Wildman–Crippen MR) is 139 cm³/mol. The molecule has 1 fully saturated rings. The summed E-state index contributed by atoms with van der Waals surface area (Å²) < 4.78 is 38.7. The summed E-state index contributed by atoms with van der Waals surface area (Å²) in [6.07, 6.45) is 6.07. The van der Waals surface area contributed by atoms with Crippen molar-refractivity contribution in [2.75, 3.05) is 7.05 Å². The van der Waals surface area contributed by atoms with Gasteiger partial charge in [-0.15, -0.1) is 0 Å². The first kappa shape index (κ1) is 25.8. The third kappa shape index (κ3) is 5.70. The summed E-state index contributed by atoms with van der Waals surface area (Å²) in [5.41, 5.74) is 4.22. The molecule has 2 aliphatic carbocycles. The molecule has 1 aromatic carbocycles. The highest BCUT2D eigenvalue weighted by atomic mass is 19.4. The number of aromatic nitrogens is 2. The summed E-state index contributed by atoms with van der Waals surface area (Å²) in [6.45, 7) is 2.80. The average Bonchev–Trinajstić information content (AvgIpc) is 3.37. The van der Waals surface area contributed by atoms with Crippen molar-refractivity contribution in [3.63, 3.8) is 0 Å². The van der Waals surface area contributed by atoms with Crippen molar-refractivity contribution in [1.82, 2.24) is 31.5 Å². The summed E-state index contributed by atoms with van der Waals surface area (Å²) in [6, 6.07) is 5.84. The molecule has 10 heteroatoms. The van der Waals surface area contributed by atoms with E-state index in [2.05, 4.69) is 38.4 Å². The van der Waals surface area contributed by atoms with E-state index in [1.54, 1.807) is 6.20 Å². The van der Waals surface area contributed by atoms with Crippen molar-refractivity contribution < 1.29 is 13.2 Å². The van der Waals surface area contributed by atoms with Gasteiger partial charge in [-0.05, 0) is 88.6 Å². The van der Waals surface area contributed by atoms with Crippen LogP contribution in [-0.2, 0) is 12.7 Å². The summed E-state index contributed by atoms with van der Waals surface area (Å²) in [7, 11) is 2.00. The molecule has 7 nitrogen and oxygen atoms in total. The molecular weight excluding hydrogens is 479 g/mol. The number of halogens is 3. The van der Waals surface area contributed by atoms with Crippen LogP contribution in [0.4, 0.5) is 13.2 Å². The van der Waals surface area contributed by atoms with E-state index in [1.165, 1.54) is 36.2 Å². The lowest BCUT2D eigenvalue weighted by atomic mass is 9.86. The molecule has 0 spiro atoms. The molecule has 5 N–H and O–H groups in total. The number of allylic oxidation sites excluding steroid dienone is 1. The van der Waals surface area contributed by atoms with Gasteiger partial charge in [0.05, 0.1) is 23.5 Å². The van der Waals surface area contributed by atoms with Gasteiger partial charge in [-0.3, -0.25) is 10.4 Å². The van der Waals surface area contributed by atoms with Crippen molar-refractivity contribution in [2.45, 2.75) is 88.8 Å². The SMILES string of the molecule is CNC1(C)NC(=NC2CCC(NCc3cn[nH]c3-c3ccc(C(F)(F)F)cc3)CC2)NC2=C1CCCC2. The van der Waals surface area contributed by atoms with Crippen LogP contribution in [0.2, 0.25) is 0 Å². The van der Waals surface area contributed by atoms with Gasteiger partial charge < -0.3 is 16.0 Å². The number of aromatic amines is 1. The largest absolute Gasteiger partial charge is 0.416 e. The van der Waals surface area contributed by atoms with E-state index in [0.29, 0.717) is 18.2 Å². The van der Waals surface area contributed by atoms with Crippen molar-refractivity contribution in [3.05, 3.63) is 52.9 Å². The number of benzene rings is 1. The topological polar surface area (TPSA) is 89.2 Å². The lowest BCUT2D eigenvalue weighted by Gasteiger charge is -2.43. The monoisotopic (exact) mass is 515 g/mol. The number of alkyl halides is 3. The van der Waals surface area contributed by atoms with Gasteiger partial charge in [0.2, 0.25) is 0 Å². The molecule has 1 saturated carbocycles. The second kappa shape index (κ2) is 10.5. The van der Waals surface area contributed by atoms with Gasteiger partial charge in [0.25, 0.3) is 0 Å². The van der Waals surface area contributed by atoms with E-state index >= 15 is 0 Å². The van der Waals surface area contributed by atoms with Crippen LogP contribution < -0.4 is 21.3 Å². The molecule has 1 unspecified atom stereocenters. The lowest BCUT2D eigenvalue weighted by Crippen LogP contribution is -2.64. The molecule has 0 amide bonds. The third-order valence-corrected chi connectivity index (χ3v) is 8.02. The van der Waals surface area contributed by atoms with Crippen LogP contribution in [0.1, 0.15) is 69.4 Å². The Morgan fingerprint density at radius 1 is 1.08 bits per heavy atom. The lowest BCUT2D eigenvalue weighted by molar-refractivity contribution is -0.137. The van der Waals surface area contributed by atoms with E-state index in [0.717, 1.165) is 67.9 Å². The molecule has 0 radical (unpaired) electrons. The van der Waals surface area contributed by atoms with E-state index in [1.807, 2.05) is 7.05 Å². The molecular formula is C27H36F3N7. The molecule has 37 heavy (non-hydrogen) atoms. The first-order chi connectivity index (χ1) is 17.7. The fourth-order valence-electron chi connectivity index (χ4n) is 5.73. The summed E-state index contributed by atoms with van der Waals surface area (Å²) in [5, 5.41) is 21.3. The highest BCUT2D eigenvalue weighted by Gasteiger charge is 2.36. The molecule has 1 atom stereocenters. The Kier molecular flexibility index (Phi) is 7.31. The normalized spacial score (nSPS) is 27.5. The van der Waals surface area contributed by atoms with Gasteiger partial charge in [-0.25, -0.2) is 4.99 Å². The van der Waals surface area contributed by atoms with Crippen molar-refractivity contribution in [1.29, 1.82) is 0 Å². The Morgan fingerprint density at radius 3 is 2.51 bits per heavy atom. The van der Waals surface area contributed by atoms with Gasteiger partial charge in [-0.1, -0.05) is 12.1 Å². The number of aliphatic imine (C=N–C) groups is 1. The molecule has 2 aromatic rings. The first-order valence-corrected chi connectivity index (χ1v) is 13.2. The van der Waals surface area contributed by atoms with E-state index in [9.17, 15) is 13.2 Å². The maximum absolute atomic E-state index is 12.9. The fraction of sp³-hybridized carbons (Fsp3) is 0.556. The van der Waals surface area contributed by atoms with E-state index < -0.39 is 11.7 Å². The Labute approximate surface area is 215 Å². The molecule has 200 valence electrons. The molecule has 3 aliphatic rings. The highest BCUT2D eigenvalue weighted by Crippen LogP contribution is 2.33. The highest BCUT2D eigenvalue weighted by molar-refractivity contribution is 5.84. The van der Waals surface area contributed by atoms with Crippen LogP contribution in [0.15, 0.2) is 46.7 Å². The molecule has 5 rings (SSSR count). The van der Waals surface area contributed by atoms with E-state index in [-0.39, 0.29) is 11.7 Å². The first-order valence-electron chi connectivity index (χ1n) is 13.2. The molecule has 1 aliphatic heterocycles. The van der Waals surface area contributed by atoms with Crippen LogP contribution in [0, 0.1) is 0 Å². The minimum absolute atomic E-state index is 0.256. The van der Waals surface area contributed by atoms with Gasteiger partial charge in [0.1, 0.15) is 5.66 Å². The number of H-pyrrole nitrogens is 1. The Hall–Kier alpha value is -2.85. The van der Waals surface area contributed by atoms with Crippen LogP contribution in [0.25, 0.3) is 11.3 Å². The summed E-state index contributed by atoms with van der Waals surface area (Å²) >= 11 is 0. The Balaban J connectivity index is 1.15. The van der Waals surface area contributed by atoms with Gasteiger partial charge in [0, 0.05) is 23.8 Å².